The number of amides is 1. The quantitative estimate of drug-likeness (QED) is 0.734. The van der Waals surface area contributed by atoms with Crippen LogP contribution in [-0.4, -0.2) is 27.6 Å². The summed E-state index contributed by atoms with van der Waals surface area (Å²) in [6, 6.07) is 7.43. The number of hydrogen-bond acceptors (Lipinski definition) is 6. The van der Waals surface area contributed by atoms with Gasteiger partial charge in [0, 0.05) is 5.02 Å². The largest absolute Gasteiger partial charge is 0.349 e. The summed E-state index contributed by atoms with van der Waals surface area (Å²) in [5.74, 6) is 1.27. The first-order valence-electron chi connectivity index (χ1n) is 6.72. The van der Waals surface area contributed by atoms with E-state index >= 15 is 0 Å². The molecule has 1 amide bonds. The van der Waals surface area contributed by atoms with E-state index < -0.39 is 0 Å². The molecule has 0 aliphatic carbocycles. The Morgan fingerprint density at radius 2 is 2.09 bits per heavy atom. The second-order valence-electron chi connectivity index (χ2n) is 4.40. The molecule has 1 aromatic heterocycles. The molecule has 0 saturated carbocycles. The first kappa shape index (κ1) is 17.6. The molecule has 1 aromatic carbocycles. The number of benzene rings is 1. The van der Waals surface area contributed by atoms with Gasteiger partial charge in [-0.05, 0) is 30.4 Å². The molecule has 0 unspecified atom stereocenters. The number of rotatable bonds is 7. The van der Waals surface area contributed by atoms with Crippen molar-refractivity contribution in [3.05, 3.63) is 34.9 Å². The highest BCUT2D eigenvalue weighted by Crippen LogP contribution is 2.28. The van der Waals surface area contributed by atoms with E-state index in [0.717, 1.165) is 20.0 Å². The third-order valence-corrected chi connectivity index (χ3v) is 6.02. The number of nitrogens with one attached hydrogen (secondary N) is 1. The number of nitrogens with zero attached hydrogens (tertiary/aromatic N) is 2. The average molecular weight is 374 g/mol. The molecule has 4 nitrogen and oxygen atoms in total. The van der Waals surface area contributed by atoms with Crippen LogP contribution < -0.4 is 5.32 Å². The van der Waals surface area contributed by atoms with E-state index in [-0.39, 0.29) is 11.9 Å². The Balaban J connectivity index is 1.82. The number of carbonyl (C=O) groups is 1. The van der Waals surface area contributed by atoms with Gasteiger partial charge in [-0.15, -0.1) is 10.2 Å². The zero-order valence-corrected chi connectivity index (χ0v) is 15.4. The Morgan fingerprint density at radius 3 is 2.77 bits per heavy atom. The lowest BCUT2D eigenvalue weighted by Gasteiger charge is -2.14. The van der Waals surface area contributed by atoms with Gasteiger partial charge in [0.2, 0.25) is 5.91 Å². The van der Waals surface area contributed by atoms with Crippen molar-refractivity contribution in [2.75, 3.05) is 11.5 Å². The Morgan fingerprint density at radius 1 is 1.36 bits per heavy atom. The van der Waals surface area contributed by atoms with Gasteiger partial charge in [0.15, 0.2) is 8.68 Å². The van der Waals surface area contributed by atoms with Gasteiger partial charge in [-0.3, -0.25) is 4.79 Å². The van der Waals surface area contributed by atoms with E-state index in [4.69, 9.17) is 11.6 Å². The van der Waals surface area contributed by atoms with Crippen LogP contribution in [0.1, 0.15) is 25.5 Å². The molecule has 2 rings (SSSR count). The van der Waals surface area contributed by atoms with Crippen molar-refractivity contribution in [1.82, 2.24) is 15.5 Å². The number of thioether (sulfide) groups is 2. The summed E-state index contributed by atoms with van der Waals surface area (Å²) >= 11 is 10.6. The molecule has 0 saturated heterocycles. The molecule has 1 heterocycles. The fourth-order valence-corrected chi connectivity index (χ4v) is 4.63. The summed E-state index contributed by atoms with van der Waals surface area (Å²) in [5.41, 5.74) is 0.989. The molecule has 0 bridgehead atoms. The van der Waals surface area contributed by atoms with Crippen molar-refractivity contribution >= 4 is 52.4 Å². The third-order valence-electron chi connectivity index (χ3n) is 2.71. The highest BCUT2D eigenvalue weighted by atomic mass is 35.5. The van der Waals surface area contributed by atoms with Gasteiger partial charge in [-0.1, -0.05) is 65.5 Å². The molecular formula is C14H16ClN3OS3. The van der Waals surface area contributed by atoms with Crippen LogP contribution >= 0.6 is 46.5 Å². The van der Waals surface area contributed by atoms with Crippen molar-refractivity contribution in [2.24, 2.45) is 0 Å². The van der Waals surface area contributed by atoms with Crippen LogP contribution in [0.4, 0.5) is 0 Å². The predicted octanol–water partition coefficient (Wildman–Crippen LogP) is 4.27. The van der Waals surface area contributed by atoms with E-state index in [1.165, 1.54) is 23.1 Å². The lowest BCUT2D eigenvalue weighted by molar-refractivity contribution is -0.119. The topological polar surface area (TPSA) is 54.9 Å². The normalized spacial score (nSPS) is 12.1. The first-order chi connectivity index (χ1) is 10.6. The SMILES string of the molecule is CCSc1nnc(SCC(=O)N[C@@H](C)c2cccc(Cl)c2)s1. The second kappa shape index (κ2) is 8.76. The maximum atomic E-state index is 12.0. The van der Waals surface area contributed by atoms with Crippen molar-refractivity contribution in [1.29, 1.82) is 0 Å². The summed E-state index contributed by atoms with van der Waals surface area (Å²) in [4.78, 5) is 12.0. The standard InChI is InChI=1S/C14H16ClN3OS3/c1-3-20-13-17-18-14(22-13)21-8-12(19)16-9(2)10-5-4-6-11(15)7-10/h4-7,9H,3,8H2,1-2H3,(H,16,19)/t9-/m0/s1. The fourth-order valence-electron chi connectivity index (χ4n) is 1.71. The van der Waals surface area contributed by atoms with Gasteiger partial charge in [0.05, 0.1) is 11.8 Å². The van der Waals surface area contributed by atoms with Crippen molar-refractivity contribution < 1.29 is 4.79 Å². The minimum atomic E-state index is -0.0765. The van der Waals surface area contributed by atoms with Crippen LogP contribution in [0, 0.1) is 0 Å². The minimum Gasteiger partial charge on any atom is -0.349 e. The molecule has 1 atom stereocenters. The monoisotopic (exact) mass is 373 g/mol. The van der Waals surface area contributed by atoms with Gasteiger partial charge in [-0.25, -0.2) is 0 Å². The number of aromatic nitrogens is 2. The molecule has 0 aliphatic heterocycles. The van der Waals surface area contributed by atoms with Gasteiger partial charge in [0.25, 0.3) is 0 Å². The lowest BCUT2D eigenvalue weighted by atomic mass is 10.1. The van der Waals surface area contributed by atoms with Crippen LogP contribution in [0.5, 0.6) is 0 Å². The summed E-state index contributed by atoms with van der Waals surface area (Å²) in [7, 11) is 0. The first-order valence-corrected chi connectivity index (χ1v) is 9.89. The predicted molar refractivity (Wildman–Crippen MR) is 95.0 cm³/mol. The summed E-state index contributed by atoms with van der Waals surface area (Å²) in [6.45, 7) is 4.01. The van der Waals surface area contributed by atoms with Gasteiger partial charge in [0.1, 0.15) is 0 Å². The second-order valence-corrected chi connectivity index (χ2v) is 8.55. The van der Waals surface area contributed by atoms with Gasteiger partial charge in [-0.2, -0.15) is 0 Å². The Kier molecular flexibility index (Phi) is 7.01. The number of halogens is 1. The van der Waals surface area contributed by atoms with E-state index in [2.05, 4.69) is 22.4 Å². The summed E-state index contributed by atoms with van der Waals surface area (Å²) in [6.07, 6.45) is 0. The van der Waals surface area contributed by atoms with Crippen LogP contribution in [-0.2, 0) is 4.79 Å². The van der Waals surface area contributed by atoms with Crippen molar-refractivity contribution in [2.45, 2.75) is 28.6 Å². The third kappa shape index (κ3) is 5.46. The van der Waals surface area contributed by atoms with E-state index in [1.54, 1.807) is 11.8 Å². The Bertz CT molecular complexity index is 635. The molecule has 118 valence electrons. The van der Waals surface area contributed by atoms with Crippen molar-refractivity contribution in [3.8, 4) is 0 Å². The highest BCUT2D eigenvalue weighted by molar-refractivity contribution is 8.03. The lowest BCUT2D eigenvalue weighted by Crippen LogP contribution is -2.28. The molecule has 0 radical (unpaired) electrons. The molecule has 2 aromatic rings. The summed E-state index contributed by atoms with van der Waals surface area (Å²) < 4.78 is 1.76. The minimum absolute atomic E-state index is 0.0302. The highest BCUT2D eigenvalue weighted by Gasteiger charge is 2.12. The maximum Gasteiger partial charge on any atom is 0.230 e. The van der Waals surface area contributed by atoms with Crippen molar-refractivity contribution in [3.63, 3.8) is 0 Å². The van der Waals surface area contributed by atoms with Crippen LogP contribution in [0.3, 0.4) is 0 Å². The number of carbonyl (C=O) groups excluding carboxylic acids is 1. The molecule has 1 N–H and O–H groups in total. The van der Waals surface area contributed by atoms with Gasteiger partial charge < -0.3 is 5.32 Å². The maximum absolute atomic E-state index is 12.0. The molecular weight excluding hydrogens is 358 g/mol. The van der Waals surface area contributed by atoms with Gasteiger partial charge >= 0.3 is 0 Å². The van der Waals surface area contributed by atoms with Crippen LogP contribution in [0.15, 0.2) is 32.9 Å². The molecule has 8 heteroatoms. The van der Waals surface area contributed by atoms with E-state index in [1.807, 2.05) is 31.2 Å². The zero-order chi connectivity index (χ0) is 15.9. The smallest absolute Gasteiger partial charge is 0.230 e. The molecule has 22 heavy (non-hydrogen) atoms. The summed E-state index contributed by atoms with van der Waals surface area (Å²) in [5, 5.41) is 11.8. The van der Waals surface area contributed by atoms with E-state index in [9.17, 15) is 4.79 Å². The number of hydrogen-bond donors (Lipinski definition) is 1. The van der Waals surface area contributed by atoms with Crippen LogP contribution in [0.2, 0.25) is 5.02 Å². The average Bonchev–Trinajstić information content (AvgIpc) is 2.93. The Hall–Kier alpha value is -0.760. The zero-order valence-electron chi connectivity index (χ0n) is 12.2. The Labute approximate surface area is 147 Å². The fraction of sp³-hybridized carbons (Fsp3) is 0.357. The molecule has 0 spiro atoms. The van der Waals surface area contributed by atoms with Crippen LogP contribution in [0.25, 0.3) is 0 Å². The van der Waals surface area contributed by atoms with E-state index in [0.29, 0.717) is 10.8 Å². The molecule has 0 aliphatic rings. The molecule has 0 fully saturated rings.